The summed E-state index contributed by atoms with van der Waals surface area (Å²) in [4.78, 5) is 34.3. The number of ether oxygens (including phenoxy) is 1. The normalized spacial score (nSPS) is 9.79. The highest BCUT2D eigenvalue weighted by atomic mass is 16.5. The minimum absolute atomic E-state index is 0.117. The van der Waals surface area contributed by atoms with Gasteiger partial charge in [0.2, 0.25) is 5.78 Å². The van der Waals surface area contributed by atoms with Gasteiger partial charge in [-0.25, -0.2) is 4.79 Å². The largest absolute Gasteiger partial charge is 0.460 e. The molecule has 0 saturated carbocycles. The minimum Gasteiger partial charge on any atom is -0.460 e. The standard InChI is InChI=1S/C15H16O4/c1-4-19-15(18)14(17)9-13(16)12-7-5-11(6-8-12)10(2)3/h5-8H,2,4,9H2,1,3H3. The highest BCUT2D eigenvalue weighted by molar-refractivity contribution is 6.38. The summed E-state index contributed by atoms with van der Waals surface area (Å²) < 4.78 is 4.54. The van der Waals surface area contributed by atoms with E-state index in [1.807, 2.05) is 6.92 Å². The van der Waals surface area contributed by atoms with Crippen LogP contribution >= 0.6 is 0 Å². The van der Waals surface area contributed by atoms with Crippen molar-refractivity contribution < 1.29 is 19.1 Å². The molecule has 19 heavy (non-hydrogen) atoms. The Morgan fingerprint density at radius 3 is 2.11 bits per heavy atom. The van der Waals surface area contributed by atoms with Crippen LogP contribution in [0.25, 0.3) is 5.57 Å². The molecule has 0 fully saturated rings. The fourth-order valence-corrected chi connectivity index (χ4v) is 1.47. The van der Waals surface area contributed by atoms with Crippen LogP contribution in [0, 0.1) is 0 Å². The van der Waals surface area contributed by atoms with E-state index in [9.17, 15) is 14.4 Å². The number of carbonyl (C=O) groups is 3. The van der Waals surface area contributed by atoms with Gasteiger partial charge in [-0.05, 0) is 19.4 Å². The second-order valence-electron chi connectivity index (χ2n) is 4.10. The molecular formula is C15H16O4. The molecule has 0 heterocycles. The molecule has 0 atom stereocenters. The summed E-state index contributed by atoms with van der Waals surface area (Å²) in [6.07, 6.45) is -0.467. The summed E-state index contributed by atoms with van der Waals surface area (Å²) in [5, 5.41) is 0. The zero-order valence-corrected chi connectivity index (χ0v) is 11.1. The van der Waals surface area contributed by atoms with Gasteiger partial charge >= 0.3 is 5.97 Å². The van der Waals surface area contributed by atoms with E-state index >= 15 is 0 Å². The van der Waals surface area contributed by atoms with Crippen LogP contribution in [0.1, 0.15) is 36.2 Å². The topological polar surface area (TPSA) is 60.4 Å². The third-order valence-corrected chi connectivity index (χ3v) is 2.52. The smallest absolute Gasteiger partial charge is 0.375 e. The van der Waals surface area contributed by atoms with E-state index in [2.05, 4.69) is 11.3 Å². The lowest BCUT2D eigenvalue weighted by Crippen LogP contribution is -2.20. The lowest BCUT2D eigenvalue weighted by atomic mass is 10.0. The third-order valence-electron chi connectivity index (χ3n) is 2.52. The summed E-state index contributed by atoms with van der Waals surface area (Å²) in [5.74, 6) is -2.18. The molecule has 100 valence electrons. The Hall–Kier alpha value is -2.23. The van der Waals surface area contributed by atoms with Gasteiger partial charge in [0.05, 0.1) is 13.0 Å². The second kappa shape index (κ2) is 6.64. The maximum absolute atomic E-state index is 11.8. The number of hydrogen-bond donors (Lipinski definition) is 0. The van der Waals surface area contributed by atoms with E-state index in [-0.39, 0.29) is 6.61 Å². The quantitative estimate of drug-likeness (QED) is 0.341. The van der Waals surface area contributed by atoms with Gasteiger partial charge in [-0.15, -0.1) is 0 Å². The maximum Gasteiger partial charge on any atom is 0.375 e. The van der Waals surface area contributed by atoms with E-state index in [0.717, 1.165) is 11.1 Å². The number of Topliss-reactive ketones (excluding diaryl/α,β-unsaturated/α-hetero) is 2. The van der Waals surface area contributed by atoms with Crippen molar-refractivity contribution in [2.75, 3.05) is 6.61 Å². The molecule has 0 aliphatic heterocycles. The first-order valence-electron chi connectivity index (χ1n) is 5.94. The number of hydrogen-bond acceptors (Lipinski definition) is 4. The van der Waals surface area contributed by atoms with Crippen molar-refractivity contribution in [3.63, 3.8) is 0 Å². The molecule has 0 radical (unpaired) electrons. The number of carbonyl (C=O) groups excluding carboxylic acids is 3. The maximum atomic E-state index is 11.8. The Labute approximate surface area is 112 Å². The van der Waals surface area contributed by atoms with Crippen LogP contribution < -0.4 is 0 Å². The van der Waals surface area contributed by atoms with Crippen LogP contribution in [0.5, 0.6) is 0 Å². The van der Waals surface area contributed by atoms with Crippen molar-refractivity contribution >= 4 is 23.1 Å². The molecule has 1 rings (SSSR count). The first-order chi connectivity index (χ1) is 8.95. The Morgan fingerprint density at radius 1 is 1.11 bits per heavy atom. The minimum atomic E-state index is -0.964. The molecule has 0 unspecified atom stereocenters. The fraction of sp³-hybridized carbons (Fsp3) is 0.267. The van der Waals surface area contributed by atoms with E-state index in [1.54, 1.807) is 31.2 Å². The summed E-state index contributed by atoms with van der Waals surface area (Å²) in [6, 6.07) is 6.74. The summed E-state index contributed by atoms with van der Waals surface area (Å²) in [5.41, 5.74) is 2.21. The highest BCUT2D eigenvalue weighted by Crippen LogP contribution is 2.13. The summed E-state index contributed by atoms with van der Waals surface area (Å²) in [6.45, 7) is 7.37. The molecule has 1 aromatic rings. The SMILES string of the molecule is C=C(C)c1ccc(C(=O)CC(=O)C(=O)OCC)cc1. The molecular weight excluding hydrogens is 244 g/mol. The Balaban J connectivity index is 2.70. The zero-order chi connectivity index (χ0) is 14.4. The van der Waals surface area contributed by atoms with E-state index in [1.165, 1.54) is 0 Å². The third kappa shape index (κ3) is 4.17. The van der Waals surface area contributed by atoms with Gasteiger partial charge in [0, 0.05) is 5.56 Å². The zero-order valence-electron chi connectivity index (χ0n) is 11.1. The summed E-state index contributed by atoms with van der Waals surface area (Å²) >= 11 is 0. The first-order valence-corrected chi connectivity index (χ1v) is 5.94. The first kappa shape index (κ1) is 14.8. The van der Waals surface area contributed by atoms with E-state index in [0.29, 0.717) is 5.56 Å². The number of esters is 1. The van der Waals surface area contributed by atoms with E-state index in [4.69, 9.17) is 0 Å². The van der Waals surface area contributed by atoms with Gasteiger partial charge < -0.3 is 4.74 Å². The summed E-state index contributed by atoms with van der Waals surface area (Å²) in [7, 11) is 0. The number of benzene rings is 1. The molecule has 0 amide bonds. The lowest BCUT2D eigenvalue weighted by molar-refractivity contribution is -0.153. The van der Waals surface area contributed by atoms with Crippen molar-refractivity contribution in [1.82, 2.24) is 0 Å². The van der Waals surface area contributed by atoms with Crippen LogP contribution in [0.15, 0.2) is 30.8 Å². The van der Waals surface area contributed by atoms with Crippen LogP contribution in [0.2, 0.25) is 0 Å². The Morgan fingerprint density at radius 2 is 1.63 bits per heavy atom. The van der Waals surface area contributed by atoms with Crippen molar-refractivity contribution in [3.05, 3.63) is 42.0 Å². The fourth-order valence-electron chi connectivity index (χ4n) is 1.47. The van der Waals surface area contributed by atoms with Crippen molar-refractivity contribution in [2.45, 2.75) is 20.3 Å². The average Bonchev–Trinajstić information content (AvgIpc) is 2.38. The van der Waals surface area contributed by atoms with Gasteiger partial charge in [-0.1, -0.05) is 36.4 Å². The number of ketones is 2. The monoisotopic (exact) mass is 260 g/mol. The van der Waals surface area contributed by atoms with E-state index < -0.39 is 24.0 Å². The second-order valence-corrected chi connectivity index (χ2v) is 4.10. The van der Waals surface area contributed by atoms with Gasteiger partial charge in [0.15, 0.2) is 5.78 Å². The van der Waals surface area contributed by atoms with Gasteiger partial charge in [-0.3, -0.25) is 9.59 Å². The van der Waals surface area contributed by atoms with Crippen molar-refractivity contribution in [3.8, 4) is 0 Å². The van der Waals surface area contributed by atoms with Crippen molar-refractivity contribution in [1.29, 1.82) is 0 Å². The van der Waals surface area contributed by atoms with Gasteiger partial charge in [-0.2, -0.15) is 0 Å². The van der Waals surface area contributed by atoms with Gasteiger partial charge in [0.25, 0.3) is 0 Å². The lowest BCUT2D eigenvalue weighted by Gasteiger charge is -2.03. The molecule has 0 aromatic heterocycles. The molecule has 0 aliphatic carbocycles. The molecule has 0 N–H and O–H groups in total. The molecule has 0 saturated heterocycles. The van der Waals surface area contributed by atoms with Crippen LogP contribution in [-0.4, -0.2) is 24.1 Å². The molecule has 0 bridgehead atoms. The molecule has 4 heteroatoms. The van der Waals surface area contributed by atoms with Crippen LogP contribution in [0.3, 0.4) is 0 Å². The molecule has 4 nitrogen and oxygen atoms in total. The molecule has 0 aliphatic rings. The average molecular weight is 260 g/mol. The Bertz CT molecular complexity index is 511. The Kier molecular flexibility index (Phi) is 5.18. The number of rotatable bonds is 6. The highest BCUT2D eigenvalue weighted by Gasteiger charge is 2.19. The van der Waals surface area contributed by atoms with Gasteiger partial charge in [0.1, 0.15) is 0 Å². The van der Waals surface area contributed by atoms with Crippen LogP contribution in [0.4, 0.5) is 0 Å². The number of allylic oxidation sites excluding steroid dienone is 1. The molecule has 1 aromatic carbocycles. The van der Waals surface area contributed by atoms with Crippen LogP contribution in [-0.2, 0) is 14.3 Å². The predicted molar refractivity (Wildman–Crippen MR) is 71.7 cm³/mol. The predicted octanol–water partition coefficient (Wildman–Crippen LogP) is 2.42. The molecule has 0 spiro atoms. The van der Waals surface area contributed by atoms with Crippen molar-refractivity contribution in [2.24, 2.45) is 0 Å².